The highest BCUT2D eigenvalue weighted by molar-refractivity contribution is 7.80. The highest BCUT2D eigenvalue weighted by atomic mass is 32.1. The number of nitrogens with one attached hydrogen (secondary N) is 2. The van der Waals surface area contributed by atoms with Crippen LogP contribution in [0.1, 0.15) is 10.4 Å². The number of non-ortho nitro benzene ring substituents is 1. The second-order valence-corrected chi connectivity index (χ2v) is 7.26. The lowest BCUT2D eigenvalue weighted by Crippen LogP contribution is -2.36. The molecule has 2 aromatic carbocycles. The third-order valence-corrected chi connectivity index (χ3v) is 5.05. The average molecular weight is 426 g/mol. The number of fused-ring (bicyclic) bond motifs is 2. The Labute approximate surface area is 171 Å². The summed E-state index contributed by atoms with van der Waals surface area (Å²) in [4.78, 5) is 39.1. The first-order valence-electron chi connectivity index (χ1n) is 8.11. The fourth-order valence-corrected chi connectivity index (χ4v) is 3.76. The minimum atomic E-state index is -0.781. The van der Waals surface area contributed by atoms with E-state index in [1.807, 2.05) is 0 Å². The smallest absolute Gasteiger partial charge is 0.349 e. The van der Waals surface area contributed by atoms with E-state index < -0.39 is 16.5 Å². The number of carbonyl (C=O) groups is 1. The molecule has 0 fully saturated rings. The molecule has 0 saturated carbocycles. The standard InChI is InChI=1S/C18H10N4O5S2/c23-15(11-7-9-3-1-2-4-13(9)27-16(11)24)20-17(28)21-18-19-12-6-5-10(22(25)26)8-14(12)29-18/h1-8H,(H2,19,20,21,23,28). The van der Waals surface area contributed by atoms with Crippen molar-refractivity contribution >= 4 is 66.6 Å². The number of hydrogen-bond donors (Lipinski definition) is 2. The van der Waals surface area contributed by atoms with Crippen LogP contribution in [0.4, 0.5) is 10.8 Å². The number of rotatable bonds is 3. The predicted molar refractivity (Wildman–Crippen MR) is 112 cm³/mol. The van der Waals surface area contributed by atoms with E-state index in [9.17, 15) is 19.7 Å². The number of nitro groups is 1. The van der Waals surface area contributed by atoms with Crippen molar-refractivity contribution in [1.29, 1.82) is 0 Å². The molecule has 4 aromatic rings. The Hall–Kier alpha value is -3.70. The molecular formula is C18H10N4O5S2. The largest absolute Gasteiger partial charge is 0.422 e. The molecule has 2 aromatic heterocycles. The molecule has 0 aliphatic heterocycles. The maximum atomic E-state index is 12.4. The minimum Gasteiger partial charge on any atom is -0.422 e. The van der Waals surface area contributed by atoms with Gasteiger partial charge in [0, 0.05) is 17.5 Å². The molecule has 2 N–H and O–H groups in total. The number of nitrogens with zero attached hydrogens (tertiary/aromatic N) is 2. The van der Waals surface area contributed by atoms with Gasteiger partial charge in [-0.2, -0.15) is 0 Å². The number of anilines is 1. The van der Waals surface area contributed by atoms with Crippen LogP contribution in [0.5, 0.6) is 0 Å². The van der Waals surface area contributed by atoms with Gasteiger partial charge in [0.15, 0.2) is 10.2 Å². The molecule has 0 radical (unpaired) electrons. The van der Waals surface area contributed by atoms with Crippen molar-refractivity contribution in [2.45, 2.75) is 0 Å². The van der Waals surface area contributed by atoms with Gasteiger partial charge in [-0.15, -0.1) is 0 Å². The van der Waals surface area contributed by atoms with E-state index >= 15 is 0 Å². The molecule has 1 amide bonds. The first kappa shape index (κ1) is 18.7. The minimum absolute atomic E-state index is 0.0494. The van der Waals surface area contributed by atoms with Crippen LogP contribution in [-0.4, -0.2) is 20.9 Å². The monoisotopic (exact) mass is 426 g/mol. The zero-order chi connectivity index (χ0) is 20.5. The average Bonchev–Trinajstić information content (AvgIpc) is 3.08. The van der Waals surface area contributed by atoms with Gasteiger partial charge in [-0.1, -0.05) is 29.5 Å². The molecule has 0 aliphatic carbocycles. The lowest BCUT2D eigenvalue weighted by Gasteiger charge is -2.07. The summed E-state index contributed by atoms with van der Waals surface area (Å²) in [5, 5.41) is 16.9. The van der Waals surface area contributed by atoms with E-state index in [-0.39, 0.29) is 16.4 Å². The summed E-state index contributed by atoms with van der Waals surface area (Å²) < 4.78 is 5.73. The van der Waals surface area contributed by atoms with Crippen LogP contribution in [0.3, 0.4) is 0 Å². The summed E-state index contributed by atoms with van der Waals surface area (Å²) in [6.45, 7) is 0. The van der Waals surface area contributed by atoms with Crippen molar-refractivity contribution in [3.8, 4) is 0 Å². The van der Waals surface area contributed by atoms with E-state index in [2.05, 4.69) is 15.6 Å². The lowest BCUT2D eigenvalue weighted by molar-refractivity contribution is -0.384. The Kier molecular flexibility index (Phi) is 4.74. The number of nitro benzene ring substituents is 1. The van der Waals surface area contributed by atoms with E-state index in [1.54, 1.807) is 24.3 Å². The normalized spacial score (nSPS) is 10.8. The number of thiazole rings is 1. The number of amides is 1. The molecule has 0 saturated heterocycles. The Bertz CT molecular complexity index is 1360. The van der Waals surface area contributed by atoms with Crippen LogP contribution in [0, 0.1) is 10.1 Å². The number of hydrogen-bond acceptors (Lipinski definition) is 8. The maximum Gasteiger partial charge on any atom is 0.349 e. The van der Waals surface area contributed by atoms with Crippen molar-refractivity contribution in [3.63, 3.8) is 0 Å². The van der Waals surface area contributed by atoms with E-state index in [0.29, 0.717) is 26.3 Å². The van der Waals surface area contributed by atoms with Crippen LogP contribution in [0.15, 0.2) is 57.7 Å². The van der Waals surface area contributed by atoms with E-state index in [4.69, 9.17) is 16.6 Å². The summed E-state index contributed by atoms with van der Waals surface area (Å²) in [5.41, 5.74) is -0.0959. The molecule has 9 nitrogen and oxygen atoms in total. The molecule has 0 aliphatic rings. The van der Waals surface area contributed by atoms with Crippen LogP contribution in [-0.2, 0) is 0 Å². The summed E-state index contributed by atoms with van der Waals surface area (Å²) in [5.74, 6) is -0.723. The Morgan fingerprint density at radius 3 is 2.79 bits per heavy atom. The van der Waals surface area contributed by atoms with Gasteiger partial charge in [0.2, 0.25) is 0 Å². The molecule has 4 rings (SSSR count). The summed E-state index contributed by atoms with van der Waals surface area (Å²) in [6.07, 6.45) is 0. The lowest BCUT2D eigenvalue weighted by atomic mass is 10.2. The van der Waals surface area contributed by atoms with Gasteiger partial charge in [0.05, 0.1) is 15.1 Å². The quantitative estimate of drug-likeness (QED) is 0.221. The van der Waals surface area contributed by atoms with Crippen LogP contribution in [0.2, 0.25) is 0 Å². The Balaban J connectivity index is 1.51. The fraction of sp³-hybridized carbons (Fsp3) is 0. The molecular weight excluding hydrogens is 416 g/mol. The molecule has 144 valence electrons. The van der Waals surface area contributed by atoms with Gasteiger partial charge >= 0.3 is 5.63 Å². The van der Waals surface area contributed by atoms with Crippen LogP contribution < -0.4 is 16.3 Å². The molecule has 0 unspecified atom stereocenters. The third-order valence-electron chi connectivity index (χ3n) is 3.92. The number of benzene rings is 2. The van der Waals surface area contributed by atoms with Gasteiger partial charge in [-0.25, -0.2) is 9.78 Å². The van der Waals surface area contributed by atoms with E-state index in [0.717, 1.165) is 11.3 Å². The van der Waals surface area contributed by atoms with Crippen molar-refractivity contribution in [2.75, 3.05) is 5.32 Å². The number of thiocarbonyl (C=S) groups is 1. The molecule has 2 heterocycles. The highest BCUT2D eigenvalue weighted by Crippen LogP contribution is 2.29. The van der Waals surface area contributed by atoms with Crippen molar-refractivity contribution in [1.82, 2.24) is 10.3 Å². The summed E-state index contributed by atoms with van der Waals surface area (Å²) in [7, 11) is 0. The number of carbonyl (C=O) groups excluding carboxylic acids is 1. The number of para-hydroxylation sites is 1. The van der Waals surface area contributed by atoms with Gasteiger partial charge in [0.25, 0.3) is 11.6 Å². The van der Waals surface area contributed by atoms with Crippen molar-refractivity contribution in [2.24, 2.45) is 0 Å². The number of aromatic nitrogens is 1. The highest BCUT2D eigenvalue weighted by Gasteiger charge is 2.16. The summed E-state index contributed by atoms with van der Waals surface area (Å²) in [6, 6.07) is 12.5. The SMILES string of the molecule is O=C(NC(=S)Nc1nc2ccc([N+](=O)[O-])cc2s1)c1cc2ccccc2oc1=O. The molecule has 29 heavy (non-hydrogen) atoms. The first-order chi connectivity index (χ1) is 13.9. The van der Waals surface area contributed by atoms with Gasteiger partial charge in [-0.3, -0.25) is 20.2 Å². The Morgan fingerprint density at radius 2 is 2.00 bits per heavy atom. The maximum absolute atomic E-state index is 12.4. The van der Waals surface area contributed by atoms with Crippen LogP contribution >= 0.6 is 23.6 Å². The van der Waals surface area contributed by atoms with Gasteiger partial charge in [0.1, 0.15) is 11.1 Å². The molecule has 0 spiro atoms. The third kappa shape index (κ3) is 3.81. The summed E-state index contributed by atoms with van der Waals surface area (Å²) >= 11 is 6.25. The second kappa shape index (κ2) is 7.37. The predicted octanol–water partition coefficient (Wildman–Crippen LogP) is 3.44. The fourth-order valence-electron chi connectivity index (χ4n) is 2.60. The van der Waals surface area contributed by atoms with Crippen molar-refractivity contribution in [3.05, 3.63) is 74.6 Å². The second-order valence-electron chi connectivity index (χ2n) is 5.82. The van der Waals surface area contributed by atoms with Gasteiger partial charge in [-0.05, 0) is 30.4 Å². The van der Waals surface area contributed by atoms with Crippen molar-refractivity contribution < 1.29 is 14.1 Å². The Morgan fingerprint density at radius 1 is 1.21 bits per heavy atom. The van der Waals surface area contributed by atoms with Gasteiger partial charge < -0.3 is 9.73 Å². The molecule has 0 atom stereocenters. The first-order valence-corrected chi connectivity index (χ1v) is 9.33. The molecule has 11 heteroatoms. The molecule has 0 bridgehead atoms. The van der Waals surface area contributed by atoms with E-state index in [1.165, 1.54) is 24.3 Å². The van der Waals surface area contributed by atoms with Crippen LogP contribution in [0.25, 0.3) is 21.2 Å². The zero-order valence-electron chi connectivity index (χ0n) is 14.4. The zero-order valence-corrected chi connectivity index (χ0v) is 16.0. The topological polar surface area (TPSA) is 127 Å².